The molecule has 1 unspecified atom stereocenters. The SMILES string of the molecule is CC(CCl)CCCNC(=O)c1ccc2c(c1)OCCO2. The smallest absolute Gasteiger partial charge is 0.251 e. The lowest BCUT2D eigenvalue weighted by Crippen LogP contribution is -2.25. The molecule has 0 aromatic heterocycles. The third-order valence-electron chi connectivity index (χ3n) is 3.23. The molecule has 0 radical (unpaired) electrons. The van der Waals surface area contributed by atoms with E-state index in [0.717, 1.165) is 12.8 Å². The standard InChI is InChI=1S/C15H20ClNO3/c1-11(10-16)3-2-6-17-15(18)12-4-5-13-14(9-12)20-8-7-19-13/h4-5,9,11H,2-3,6-8,10H2,1H3,(H,17,18). The Hall–Kier alpha value is -1.42. The topological polar surface area (TPSA) is 47.6 Å². The fourth-order valence-corrected chi connectivity index (χ4v) is 2.17. The van der Waals surface area contributed by atoms with E-state index in [1.165, 1.54) is 0 Å². The normalized spacial score (nSPS) is 14.7. The van der Waals surface area contributed by atoms with Gasteiger partial charge in [0.05, 0.1) is 0 Å². The van der Waals surface area contributed by atoms with Crippen molar-refractivity contribution >= 4 is 17.5 Å². The third kappa shape index (κ3) is 4.04. The zero-order valence-corrected chi connectivity index (χ0v) is 12.4. The summed E-state index contributed by atoms with van der Waals surface area (Å²) in [6, 6.07) is 5.26. The zero-order chi connectivity index (χ0) is 14.4. The third-order valence-corrected chi connectivity index (χ3v) is 3.75. The van der Waals surface area contributed by atoms with Crippen LogP contribution >= 0.6 is 11.6 Å². The minimum absolute atomic E-state index is 0.0829. The van der Waals surface area contributed by atoms with Crippen molar-refractivity contribution in [3.63, 3.8) is 0 Å². The highest BCUT2D eigenvalue weighted by Gasteiger charge is 2.14. The summed E-state index contributed by atoms with van der Waals surface area (Å²) >= 11 is 5.74. The van der Waals surface area contributed by atoms with Gasteiger partial charge in [-0.1, -0.05) is 6.92 Å². The average Bonchev–Trinajstić information content (AvgIpc) is 2.50. The molecule has 1 N–H and O–H groups in total. The van der Waals surface area contributed by atoms with Crippen LogP contribution in [0.2, 0.25) is 0 Å². The first-order valence-corrected chi connectivity index (χ1v) is 7.48. The molecular weight excluding hydrogens is 278 g/mol. The van der Waals surface area contributed by atoms with Crippen LogP contribution in [0.4, 0.5) is 0 Å². The van der Waals surface area contributed by atoms with Gasteiger partial charge < -0.3 is 14.8 Å². The molecule has 20 heavy (non-hydrogen) atoms. The van der Waals surface area contributed by atoms with Crippen LogP contribution in [-0.2, 0) is 0 Å². The predicted molar refractivity (Wildman–Crippen MR) is 78.9 cm³/mol. The lowest BCUT2D eigenvalue weighted by atomic mass is 10.1. The van der Waals surface area contributed by atoms with Crippen molar-refractivity contribution in [2.24, 2.45) is 5.92 Å². The quantitative estimate of drug-likeness (QED) is 0.649. The van der Waals surface area contributed by atoms with Gasteiger partial charge in [0.2, 0.25) is 0 Å². The second-order valence-electron chi connectivity index (χ2n) is 5.02. The summed E-state index contributed by atoms with van der Waals surface area (Å²) in [5, 5.41) is 2.91. The van der Waals surface area contributed by atoms with E-state index in [-0.39, 0.29) is 5.91 Å². The van der Waals surface area contributed by atoms with Crippen LogP contribution in [-0.4, -0.2) is 31.5 Å². The molecule has 0 fully saturated rings. The maximum atomic E-state index is 12.0. The molecule has 110 valence electrons. The van der Waals surface area contributed by atoms with E-state index >= 15 is 0 Å². The van der Waals surface area contributed by atoms with E-state index in [0.29, 0.717) is 48.6 Å². The summed E-state index contributed by atoms with van der Waals surface area (Å²) in [6.07, 6.45) is 1.95. The van der Waals surface area contributed by atoms with E-state index in [1.807, 2.05) is 0 Å². The fourth-order valence-electron chi connectivity index (χ4n) is 2.02. The number of amides is 1. The number of nitrogens with one attached hydrogen (secondary N) is 1. The van der Waals surface area contributed by atoms with E-state index in [1.54, 1.807) is 18.2 Å². The molecule has 1 aliphatic rings. The number of hydrogen-bond donors (Lipinski definition) is 1. The average molecular weight is 298 g/mol. The predicted octanol–water partition coefficient (Wildman–Crippen LogP) is 2.84. The van der Waals surface area contributed by atoms with E-state index in [9.17, 15) is 4.79 Å². The molecule has 1 aliphatic heterocycles. The minimum Gasteiger partial charge on any atom is -0.486 e. The number of rotatable bonds is 6. The largest absolute Gasteiger partial charge is 0.486 e. The van der Waals surface area contributed by atoms with Gasteiger partial charge in [0.1, 0.15) is 13.2 Å². The Labute approximate surface area is 124 Å². The molecule has 1 aromatic carbocycles. The van der Waals surface area contributed by atoms with Crippen molar-refractivity contribution in [1.29, 1.82) is 0 Å². The molecule has 1 amide bonds. The highest BCUT2D eigenvalue weighted by molar-refractivity contribution is 6.18. The van der Waals surface area contributed by atoms with Crippen molar-refractivity contribution in [3.05, 3.63) is 23.8 Å². The molecule has 0 saturated carbocycles. The van der Waals surface area contributed by atoms with E-state index < -0.39 is 0 Å². The van der Waals surface area contributed by atoms with Gasteiger partial charge in [0, 0.05) is 18.0 Å². The van der Waals surface area contributed by atoms with Crippen molar-refractivity contribution in [3.8, 4) is 11.5 Å². The molecule has 1 atom stereocenters. The maximum Gasteiger partial charge on any atom is 0.251 e. The first-order valence-electron chi connectivity index (χ1n) is 6.94. The summed E-state index contributed by atoms with van der Waals surface area (Å²) in [5.41, 5.74) is 0.597. The zero-order valence-electron chi connectivity index (χ0n) is 11.7. The minimum atomic E-state index is -0.0829. The monoisotopic (exact) mass is 297 g/mol. The molecule has 0 saturated heterocycles. The van der Waals surface area contributed by atoms with Crippen LogP contribution in [0.5, 0.6) is 11.5 Å². The van der Waals surface area contributed by atoms with Gasteiger partial charge in [-0.05, 0) is 37.0 Å². The molecule has 0 bridgehead atoms. The summed E-state index contributed by atoms with van der Waals surface area (Å²) in [4.78, 5) is 12.0. The second-order valence-corrected chi connectivity index (χ2v) is 5.32. The molecule has 1 heterocycles. The summed E-state index contributed by atoms with van der Waals surface area (Å²) < 4.78 is 10.9. The number of ether oxygens (including phenoxy) is 2. The Morgan fingerprint density at radius 2 is 2.10 bits per heavy atom. The Kier molecular flexibility index (Phi) is 5.53. The molecule has 4 nitrogen and oxygen atoms in total. The summed E-state index contributed by atoms with van der Waals surface area (Å²) in [5.74, 6) is 2.41. The lowest BCUT2D eigenvalue weighted by Gasteiger charge is -2.18. The molecule has 2 rings (SSSR count). The number of fused-ring (bicyclic) bond motifs is 1. The Balaban J connectivity index is 1.83. The summed E-state index contributed by atoms with van der Waals surface area (Å²) in [7, 11) is 0. The van der Waals surface area contributed by atoms with Crippen LogP contribution < -0.4 is 14.8 Å². The van der Waals surface area contributed by atoms with Crippen LogP contribution in [0.1, 0.15) is 30.1 Å². The Bertz CT molecular complexity index is 464. The molecular formula is C15H20ClNO3. The van der Waals surface area contributed by atoms with Gasteiger partial charge in [-0.2, -0.15) is 0 Å². The van der Waals surface area contributed by atoms with E-state index in [4.69, 9.17) is 21.1 Å². The number of carbonyl (C=O) groups is 1. The van der Waals surface area contributed by atoms with Gasteiger partial charge in [0.25, 0.3) is 5.91 Å². The number of hydrogen-bond acceptors (Lipinski definition) is 3. The Morgan fingerprint density at radius 3 is 2.85 bits per heavy atom. The van der Waals surface area contributed by atoms with Gasteiger partial charge in [0.15, 0.2) is 11.5 Å². The van der Waals surface area contributed by atoms with Crippen LogP contribution in [0.25, 0.3) is 0 Å². The van der Waals surface area contributed by atoms with Crippen LogP contribution in [0, 0.1) is 5.92 Å². The number of halogens is 1. The van der Waals surface area contributed by atoms with Gasteiger partial charge in [-0.25, -0.2) is 0 Å². The first kappa shape index (κ1) is 15.0. The van der Waals surface area contributed by atoms with Gasteiger partial charge >= 0.3 is 0 Å². The molecule has 5 heteroatoms. The Morgan fingerprint density at radius 1 is 1.35 bits per heavy atom. The van der Waals surface area contributed by atoms with Gasteiger partial charge in [-0.15, -0.1) is 11.6 Å². The second kappa shape index (κ2) is 7.39. The highest BCUT2D eigenvalue weighted by atomic mass is 35.5. The van der Waals surface area contributed by atoms with Crippen LogP contribution in [0.15, 0.2) is 18.2 Å². The molecule has 1 aromatic rings. The van der Waals surface area contributed by atoms with Crippen molar-refractivity contribution in [2.75, 3.05) is 25.6 Å². The number of alkyl halides is 1. The van der Waals surface area contributed by atoms with Gasteiger partial charge in [-0.3, -0.25) is 4.79 Å². The van der Waals surface area contributed by atoms with E-state index in [2.05, 4.69) is 12.2 Å². The first-order chi connectivity index (χ1) is 9.70. The maximum absolute atomic E-state index is 12.0. The fraction of sp³-hybridized carbons (Fsp3) is 0.533. The summed E-state index contributed by atoms with van der Waals surface area (Å²) in [6.45, 7) is 3.84. The van der Waals surface area contributed by atoms with Crippen LogP contribution in [0.3, 0.4) is 0 Å². The lowest BCUT2D eigenvalue weighted by molar-refractivity contribution is 0.0951. The van der Waals surface area contributed by atoms with Crippen molar-refractivity contribution in [2.45, 2.75) is 19.8 Å². The highest BCUT2D eigenvalue weighted by Crippen LogP contribution is 2.30. The van der Waals surface area contributed by atoms with Crippen molar-refractivity contribution in [1.82, 2.24) is 5.32 Å². The molecule has 0 spiro atoms. The number of benzene rings is 1. The number of carbonyl (C=O) groups excluding carboxylic acids is 1. The molecule has 0 aliphatic carbocycles. The van der Waals surface area contributed by atoms with Crippen molar-refractivity contribution < 1.29 is 14.3 Å².